The van der Waals surface area contributed by atoms with E-state index < -0.39 is 23.1 Å². The van der Waals surface area contributed by atoms with Gasteiger partial charge in [-0.3, -0.25) is 4.79 Å². The van der Waals surface area contributed by atoms with Gasteiger partial charge >= 0.3 is 0 Å². The van der Waals surface area contributed by atoms with Crippen LogP contribution in [0.3, 0.4) is 0 Å². The maximum atomic E-state index is 14.6. The number of carbonyl (C=O) groups is 1. The summed E-state index contributed by atoms with van der Waals surface area (Å²) in [7, 11) is 0. The van der Waals surface area contributed by atoms with E-state index in [2.05, 4.69) is 15.1 Å². The molecule has 1 amide bonds. The molecule has 0 spiro atoms. The highest BCUT2D eigenvalue weighted by Crippen LogP contribution is 2.63. The molecule has 2 bridgehead atoms. The van der Waals surface area contributed by atoms with Crippen LogP contribution in [-0.4, -0.2) is 33.7 Å². The van der Waals surface area contributed by atoms with Crippen LogP contribution in [0.1, 0.15) is 48.5 Å². The van der Waals surface area contributed by atoms with Crippen LogP contribution in [-0.2, 0) is 4.79 Å². The minimum absolute atomic E-state index is 0.131. The van der Waals surface area contributed by atoms with Gasteiger partial charge in [-0.05, 0) is 55.7 Å². The maximum absolute atomic E-state index is 14.6. The highest BCUT2D eigenvalue weighted by molar-refractivity contribution is 5.86. The van der Waals surface area contributed by atoms with E-state index in [1.807, 2.05) is 6.07 Å². The van der Waals surface area contributed by atoms with Crippen molar-refractivity contribution < 1.29 is 18.3 Å². The van der Waals surface area contributed by atoms with Crippen LogP contribution >= 0.6 is 0 Å². The summed E-state index contributed by atoms with van der Waals surface area (Å²) >= 11 is 0. The van der Waals surface area contributed by atoms with Crippen LogP contribution in [0.25, 0.3) is 0 Å². The van der Waals surface area contributed by atoms with Crippen LogP contribution in [0.5, 0.6) is 5.88 Å². The molecule has 7 nitrogen and oxygen atoms in total. The number of ether oxygens (including phenoxy) is 1. The first kappa shape index (κ1) is 20.5. The molecular weight excluding hydrogens is 416 g/mol. The molecule has 1 aromatic carbocycles. The Labute approximate surface area is 183 Å². The molecule has 1 unspecified atom stereocenters. The number of aromatic nitrogens is 2. The standard InChI is InChI=1S/C23H21F2N5O2/c1-13-4-19(25)17(5-18(13)24)20-2-3-29-30(20)22(31)23-6-14(7-23)15(8-23)12-32-21-11-27-16(9-26)10-28-21/h3-5,10-11,14-15,20H,2,6-8,12H2,1H3/t14?,15?,20-,23?/m1/s1. The first-order valence-electron chi connectivity index (χ1n) is 10.6. The number of benzene rings is 1. The maximum Gasteiger partial charge on any atom is 0.249 e. The van der Waals surface area contributed by atoms with Crippen LogP contribution in [0.2, 0.25) is 0 Å². The molecule has 3 saturated carbocycles. The molecule has 1 aliphatic heterocycles. The van der Waals surface area contributed by atoms with Crippen LogP contribution in [0, 0.1) is 47.1 Å². The average molecular weight is 437 g/mol. The Kier molecular flexibility index (Phi) is 4.88. The second-order valence-electron chi connectivity index (χ2n) is 8.90. The third kappa shape index (κ3) is 3.30. The summed E-state index contributed by atoms with van der Waals surface area (Å²) < 4.78 is 34.4. The average Bonchev–Trinajstić information content (AvgIpc) is 3.48. The predicted octanol–water partition coefficient (Wildman–Crippen LogP) is 3.69. The Morgan fingerprint density at radius 2 is 2.06 bits per heavy atom. The van der Waals surface area contributed by atoms with Crippen molar-refractivity contribution in [2.75, 3.05) is 6.61 Å². The number of nitrogens with zero attached hydrogens (tertiary/aromatic N) is 5. The molecule has 2 atom stereocenters. The summed E-state index contributed by atoms with van der Waals surface area (Å²) in [6.45, 7) is 1.92. The first-order valence-corrected chi connectivity index (χ1v) is 10.6. The zero-order chi connectivity index (χ0) is 22.5. The lowest BCUT2D eigenvalue weighted by molar-refractivity contribution is -0.148. The van der Waals surface area contributed by atoms with E-state index in [1.54, 1.807) is 6.21 Å². The number of fused-ring (bicyclic) bond motifs is 1. The Balaban J connectivity index is 1.26. The van der Waals surface area contributed by atoms with E-state index in [1.165, 1.54) is 30.4 Å². The lowest BCUT2D eigenvalue weighted by Gasteiger charge is -2.40. The number of hydrogen-bond donors (Lipinski definition) is 0. The lowest BCUT2D eigenvalue weighted by Crippen LogP contribution is -2.45. The fourth-order valence-electron chi connectivity index (χ4n) is 5.24. The number of aryl methyl sites for hydroxylation is 1. The van der Waals surface area contributed by atoms with Gasteiger partial charge in [-0.25, -0.2) is 23.8 Å². The summed E-state index contributed by atoms with van der Waals surface area (Å²) in [6.07, 6.45) is 6.85. The second-order valence-corrected chi connectivity index (χ2v) is 8.90. The quantitative estimate of drug-likeness (QED) is 0.712. The highest BCUT2D eigenvalue weighted by atomic mass is 19.1. The van der Waals surface area contributed by atoms with Gasteiger partial charge in [0.15, 0.2) is 5.69 Å². The molecule has 4 aliphatic rings. The van der Waals surface area contributed by atoms with Gasteiger partial charge in [0.2, 0.25) is 11.8 Å². The van der Waals surface area contributed by atoms with Crippen LogP contribution in [0.15, 0.2) is 29.6 Å². The largest absolute Gasteiger partial charge is 0.476 e. The number of hydrazone groups is 1. The number of rotatable bonds is 5. The number of hydrogen-bond acceptors (Lipinski definition) is 6. The first-order chi connectivity index (χ1) is 15.4. The summed E-state index contributed by atoms with van der Waals surface area (Å²) in [6, 6.07) is 3.62. The molecule has 0 radical (unpaired) electrons. The van der Waals surface area contributed by atoms with E-state index in [-0.39, 0.29) is 28.6 Å². The summed E-state index contributed by atoms with van der Waals surface area (Å²) in [4.78, 5) is 21.4. The van der Waals surface area contributed by atoms with Crippen LogP contribution in [0.4, 0.5) is 8.78 Å². The zero-order valence-corrected chi connectivity index (χ0v) is 17.5. The highest BCUT2D eigenvalue weighted by Gasteiger charge is 2.62. The van der Waals surface area contributed by atoms with E-state index in [0.717, 1.165) is 18.9 Å². The monoisotopic (exact) mass is 437 g/mol. The lowest BCUT2D eigenvalue weighted by atomic mass is 9.68. The van der Waals surface area contributed by atoms with Crippen molar-refractivity contribution in [2.45, 2.75) is 38.6 Å². The number of carbonyl (C=O) groups excluding carboxylic acids is 1. The molecule has 1 aromatic heterocycles. The van der Waals surface area contributed by atoms with Crippen molar-refractivity contribution in [3.05, 3.63) is 53.0 Å². The molecule has 6 rings (SSSR count). The van der Waals surface area contributed by atoms with Gasteiger partial charge in [0.25, 0.3) is 0 Å². The van der Waals surface area contributed by atoms with Crippen LogP contribution < -0.4 is 4.74 Å². The van der Waals surface area contributed by atoms with Crippen molar-refractivity contribution >= 4 is 12.1 Å². The van der Waals surface area contributed by atoms with Crippen molar-refractivity contribution in [2.24, 2.45) is 22.4 Å². The van der Waals surface area contributed by atoms with Crippen molar-refractivity contribution in [1.29, 1.82) is 5.26 Å². The topological polar surface area (TPSA) is 91.5 Å². The molecule has 164 valence electrons. The molecule has 2 aromatic rings. The second kappa shape index (κ2) is 7.62. The normalized spacial score (nSPS) is 27.8. The summed E-state index contributed by atoms with van der Waals surface area (Å²) in [5.74, 6) is -0.254. The molecule has 3 aliphatic carbocycles. The predicted molar refractivity (Wildman–Crippen MR) is 109 cm³/mol. The van der Waals surface area contributed by atoms with Crippen molar-refractivity contribution in [3.8, 4) is 11.9 Å². The Morgan fingerprint density at radius 3 is 2.78 bits per heavy atom. The van der Waals surface area contributed by atoms with E-state index in [0.29, 0.717) is 31.2 Å². The molecular formula is C23H21F2N5O2. The third-order valence-corrected chi connectivity index (χ3v) is 6.94. The zero-order valence-electron chi connectivity index (χ0n) is 17.5. The van der Waals surface area contributed by atoms with Gasteiger partial charge in [-0.1, -0.05) is 0 Å². The number of halogens is 2. The van der Waals surface area contributed by atoms with Crippen molar-refractivity contribution in [3.63, 3.8) is 0 Å². The summed E-state index contributed by atoms with van der Waals surface area (Å²) in [5, 5.41) is 14.4. The van der Waals surface area contributed by atoms with E-state index in [4.69, 9.17) is 10.00 Å². The van der Waals surface area contributed by atoms with E-state index in [9.17, 15) is 13.6 Å². The molecule has 0 N–H and O–H groups in total. The van der Waals surface area contributed by atoms with Gasteiger partial charge in [0.05, 0.1) is 30.5 Å². The Hall–Kier alpha value is -3.41. The number of nitriles is 1. The summed E-state index contributed by atoms with van der Waals surface area (Å²) in [5.41, 5.74) is 0.0718. The molecule has 0 saturated heterocycles. The minimum Gasteiger partial charge on any atom is -0.476 e. The Morgan fingerprint density at radius 1 is 1.25 bits per heavy atom. The van der Waals surface area contributed by atoms with Crippen molar-refractivity contribution in [1.82, 2.24) is 15.0 Å². The number of amides is 1. The van der Waals surface area contributed by atoms with Gasteiger partial charge in [-0.2, -0.15) is 10.4 Å². The van der Waals surface area contributed by atoms with Gasteiger partial charge in [-0.15, -0.1) is 0 Å². The molecule has 3 fully saturated rings. The van der Waals surface area contributed by atoms with Gasteiger partial charge in [0.1, 0.15) is 17.7 Å². The van der Waals surface area contributed by atoms with Gasteiger partial charge in [0, 0.05) is 18.2 Å². The minimum atomic E-state index is -0.629. The molecule has 9 heteroatoms. The smallest absolute Gasteiger partial charge is 0.249 e. The fourth-order valence-corrected chi connectivity index (χ4v) is 5.24. The third-order valence-electron chi connectivity index (χ3n) is 6.94. The Bertz CT molecular complexity index is 1140. The van der Waals surface area contributed by atoms with E-state index >= 15 is 0 Å². The molecule has 2 heterocycles. The van der Waals surface area contributed by atoms with Gasteiger partial charge < -0.3 is 4.74 Å². The fraction of sp³-hybridized carbons (Fsp3) is 0.435. The molecule has 32 heavy (non-hydrogen) atoms. The SMILES string of the molecule is Cc1cc(F)c([C@H]2CC=NN2C(=O)C23CC(COc4cnc(C#N)cn4)C(C2)C3)cc1F.